The van der Waals surface area contributed by atoms with E-state index in [2.05, 4.69) is 28.7 Å². The molecule has 0 aliphatic rings. The molecule has 3 rings (SSSR count). The highest BCUT2D eigenvalue weighted by Gasteiger charge is 2.17. The Balaban J connectivity index is 1.84. The van der Waals surface area contributed by atoms with E-state index in [0.29, 0.717) is 17.1 Å². The molecule has 0 fully saturated rings. The number of oxazole rings is 1. The number of thiazole rings is 1. The third-order valence-electron chi connectivity index (χ3n) is 3.26. The smallest absolute Gasteiger partial charge is 0.298 e. The first-order valence-corrected chi connectivity index (χ1v) is 7.72. The second-order valence-electron chi connectivity index (χ2n) is 5.07. The molecule has 110 valence electrons. The zero-order valence-corrected chi connectivity index (χ0v) is 12.7. The first-order valence-electron chi connectivity index (χ1n) is 6.84. The summed E-state index contributed by atoms with van der Waals surface area (Å²) in [6.45, 7) is 4.93. The zero-order valence-electron chi connectivity index (χ0n) is 11.9. The third kappa shape index (κ3) is 3.05. The van der Waals surface area contributed by atoms with Crippen LogP contribution >= 0.6 is 11.3 Å². The summed E-state index contributed by atoms with van der Waals surface area (Å²) in [6.07, 6.45) is 2.64. The van der Waals surface area contributed by atoms with Crippen LogP contribution < -0.4 is 4.90 Å². The minimum Gasteiger partial charge on any atom is -0.423 e. The van der Waals surface area contributed by atoms with Crippen LogP contribution in [-0.2, 0) is 6.42 Å². The first kappa shape index (κ1) is 14.0. The molecule has 0 spiro atoms. The number of nitrogens with zero attached hydrogens (tertiary/aromatic N) is 3. The van der Waals surface area contributed by atoms with E-state index < -0.39 is 0 Å². The van der Waals surface area contributed by atoms with E-state index in [4.69, 9.17) is 4.42 Å². The molecule has 21 heavy (non-hydrogen) atoms. The molecule has 0 saturated heterocycles. The lowest BCUT2D eigenvalue weighted by atomic mass is 10.3. The van der Waals surface area contributed by atoms with Crippen LogP contribution in [0.2, 0.25) is 0 Å². The summed E-state index contributed by atoms with van der Waals surface area (Å²) >= 11 is 1.64. The molecule has 2 heterocycles. The van der Waals surface area contributed by atoms with Crippen molar-refractivity contribution in [2.45, 2.75) is 26.3 Å². The molecule has 0 radical (unpaired) electrons. The van der Waals surface area contributed by atoms with Crippen molar-refractivity contribution in [3.8, 4) is 0 Å². The fraction of sp³-hybridized carbons (Fsp3) is 0.333. The van der Waals surface area contributed by atoms with Gasteiger partial charge in [-0.15, -0.1) is 11.3 Å². The van der Waals surface area contributed by atoms with Gasteiger partial charge in [-0.3, -0.25) is 0 Å². The normalized spacial score (nSPS) is 11.4. The van der Waals surface area contributed by atoms with Crippen LogP contribution in [0.25, 0.3) is 11.1 Å². The molecule has 0 saturated carbocycles. The number of benzene rings is 1. The second-order valence-corrected chi connectivity index (χ2v) is 6.05. The van der Waals surface area contributed by atoms with Crippen molar-refractivity contribution in [2.24, 2.45) is 0 Å². The molecular weight excluding hydrogens is 289 g/mol. The third-order valence-corrected chi connectivity index (χ3v) is 4.10. The first-order chi connectivity index (χ1) is 10.1. The Morgan fingerprint density at radius 3 is 2.95 bits per heavy atom. The van der Waals surface area contributed by atoms with Crippen LogP contribution in [0.1, 0.15) is 18.9 Å². The Labute approximate surface area is 126 Å². The van der Waals surface area contributed by atoms with Gasteiger partial charge in [0.1, 0.15) is 11.3 Å². The van der Waals surface area contributed by atoms with E-state index >= 15 is 0 Å². The lowest BCUT2D eigenvalue weighted by Crippen LogP contribution is -2.33. The van der Waals surface area contributed by atoms with Crippen LogP contribution in [0, 0.1) is 5.82 Å². The highest BCUT2D eigenvalue weighted by atomic mass is 32.1. The number of hydrogen-bond donors (Lipinski definition) is 0. The van der Waals surface area contributed by atoms with E-state index in [0.717, 1.165) is 18.0 Å². The number of hydrogen-bond acceptors (Lipinski definition) is 5. The Bertz CT molecular complexity index is 724. The molecule has 0 aliphatic carbocycles. The van der Waals surface area contributed by atoms with Gasteiger partial charge < -0.3 is 9.32 Å². The number of halogens is 1. The summed E-state index contributed by atoms with van der Waals surface area (Å²) in [4.78, 5) is 10.8. The van der Waals surface area contributed by atoms with Crippen molar-refractivity contribution in [2.75, 3.05) is 11.4 Å². The quantitative estimate of drug-likeness (QED) is 0.717. The zero-order chi connectivity index (χ0) is 14.8. The fourth-order valence-electron chi connectivity index (χ4n) is 2.18. The van der Waals surface area contributed by atoms with Crippen LogP contribution in [0.4, 0.5) is 10.4 Å². The molecule has 6 heteroatoms. The van der Waals surface area contributed by atoms with Gasteiger partial charge in [0.2, 0.25) is 0 Å². The minimum atomic E-state index is -0.304. The van der Waals surface area contributed by atoms with Crippen molar-refractivity contribution in [3.63, 3.8) is 0 Å². The molecule has 0 unspecified atom stereocenters. The van der Waals surface area contributed by atoms with Crippen molar-refractivity contribution in [1.82, 2.24) is 9.97 Å². The highest BCUT2D eigenvalue weighted by molar-refractivity contribution is 7.09. The van der Waals surface area contributed by atoms with Crippen molar-refractivity contribution < 1.29 is 8.81 Å². The molecule has 0 N–H and O–H groups in total. The number of rotatable bonds is 5. The maximum absolute atomic E-state index is 13.2. The number of fused-ring (bicyclic) bond motifs is 1. The highest BCUT2D eigenvalue weighted by Crippen LogP contribution is 2.24. The van der Waals surface area contributed by atoms with Crippen molar-refractivity contribution in [3.05, 3.63) is 40.6 Å². The molecule has 3 aromatic rings. The summed E-state index contributed by atoms with van der Waals surface area (Å²) < 4.78 is 19.0. The van der Waals surface area contributed by atoms with Crippen molar-refractivity contribution >= 4 is 28.5 Å². The van der Waals surface area contributed by atoms with Crippen molar-refractivity contribution in [1.29, 1.82) is 0 Å². The Morgan fingerprint density at radius 1 is 1.38 bits per heavy atom. The molecule has 4 nitrogen and oxygen atoms in total. The predicted molar refractivity (Wildman–Crippen MR) is 82.3 cm³/mol. The standard InChI is InChI=1S/C15H16FN3OS/c1-10(2)19(7-5-14-17-6-8-21-14)15-18-12-9-11(16)3-4-13(12)20-15/h3-4,6,8-10H,5,7H2,1-2H3. The van der Waals surface area contributed by atoms with Gasteiger partial charge in [0.05, 0.1) is 5.01 Å². The van der Waals surface area contributed by atoms with Gasteiger partial charge in [-0.2, -0.15) is 4.98 Å². The van der Waals surface area contributed by atoms with E-state index in [9.17, 15) is 4.39 Å². The summed E-state index contributed by atoms with van der Waals surface area (Å²) in [7, 11) is 0. The molecule has 2 aromatic heterocycles. The topological polar surface area (TPSA) is 42.2 Å². The van der Waals surface area contributed by atoms with Crippen LogP contribution in [0.3, 0.4) is 0 Å². The molecule has 1 aromatic carbocycles. The van der Waals surface area contributed by atoms with Gasteiger partial charge in [0.25, 0.3) is 6.01 Å². The van der Waals surface area contributed by atoms with Gasteiger partial charge >= 0.3 is 0 Å². The molecule has 0 amide bonds. The summed E-state index contributed by atoms with van der Waals surface area (Å²) in [5.74, 6) is -0.304. The van der Waals surface area contributed by atoms with Crippen LogP contribution in [0.15, 0.2) is 34.2 Å². The van der Waals surface area contributed by atoms with Crippen LogP contribution in [0.5, 0.6) is 0 Å². The van der Waals surface area contributed by atoms with E-state index in [1.54, 1.807) is 17.4 Å². The average molecular weight is 305 g/mol. The largest absolute Gasteiger partial charge is 0.423 e. The summed E-state index contributed by atoms with van der Waals surface area (Å²) in [5.41, 5.74) is 1.15. The number of anilines is 1. The van der Waals surface area contributed by atoms with Crippen LogP contribution in [-0.4, -0.2) is 22.6 Å². The maximum Gasteiger partial charge on any atom is 0.298 e. The molecule has 0 atom stereocenters. The fourth-order valence-corrected chi connectivity index (χ4v) is 2.79. The Morgan fingerprint density at radius 2 is 2.24 bits per heavy atom. The minimum absolute atomic E-state index is 0.239. The van der Waals surface area contributed by atoms with E-state index in [1.807, 2.05) is 11.6 Å². The Hall–Kier alpha value is -1.95. The average Bonchev–Trinajstić information content (AvgIpc) is 3.07. The predicted octanol–water partition coefficient (Wildman–Crippen LogP) is 3.88. The molecular formula is C15H16FN3OS. The van der Waals surface area contributed by atoms with Gasteiger partial charge in [0, 0.05) is 36.7 Å². The van der Waals surface area contributed by atoms with Gasteiger partial charge in [0.15, 0.2) is 5.58 Å². The summed E-state index contributed by atoms with van der Waals surface area (Å²) in [6, 6.07) is 5.15. The van der Waals surface area contributed by atoms with Gasteiger partial charge in [-0.25, -0.2) is 9.37 Å². The monoisotopic (exact) mass is 305 g/mol. The second kappa shape index (κ2) is 5.81. The molecule has 0 aliphatic heterocycles. The Kier molecular flexibility index (Phi) is 3.88. The number of aromatic nitrogens is 2. The summed E-state index contributed by atoms with van der Waals surface area (Å²) in [5, 5.41) is 3.06. The lowest BCUT2D eigenvalue weighted by molar-refractivity contribution is 0.537. The van der Waals surface area contributed by atoms with E-state index in [1.165, 1.54) is 12.1 Å². The maximum atomic E-state index is 13.2. The van der Waals surface area contributed by atoms with Gasteiger partial charge in [-0.1, -0.05) is 0 Å². The lowest BCUT2D eigenvalue weighted by Gasteiger charge is -2.24. The SMILES string of the molecule is CC(C)N(CCc1nccs1)c1nc2cc(F)ccc2o1. The van der Waals surface area contributed by atoms with E-state index in [-0.39, 0.29) is 11.9 Å². The van der Waals surface area contributed by atoms with Gasteiger partial charge in [-0.05, 0) is 26.0 Å². The molecule has 0 bridgehead atoms.